The smallest absolute Gasteiger partial charge is 0.213 e. The fraction of sp³-hybridized carbons (Fsp3) is 0.387. The van der Waals surface area contributed by atoms with Crippen molar-refractivity contribution in [2.45, 2.75) is 44.8 Å². The van der Waals surface area contributed by atoms with Crippen LogP contribution < -0.4 is 25.5 Å². The SMILES string of the molecule is COc1cc(CN(CCc2cn3c4c(c(F)c(F)cc4c2=O)OCC3C)[C@H]2CCCN(c3ccc(N)nc3)C2)ccn1. The van der Waals surface area contributed by atoms with Crippen molar-refractivity contribution in [2.24, 2.45) is 0 Å². The van der Waals surface area contributed by atoms with Gasteiger partial charge < -0.3 is 24.7 Å². The molecule has 1 unspecified atom stereocenters. The molecule has 0 saturated carbocycles. The number of hydrogen-bond donors (Lipinski definition) is 1. The van der Waals surface area contributed by atoms with Crippen molar-refractivity contribution < 1.29 is 18.3 Å². The Kier molecular flexibility index (Phi) is 7.68. The van der Waals surface area contributed by atoms with E-state index in [1.54, 1.807) is 25.7 Å². The summed E-state index contributed by atoms with van der Waals surface area (Å²) in [4.78, 5) is 26.8. The van der Waals surface area contributed by atoms with Crippen molar-refractivity contribution in [1.29, 1.82) is 0 Å². The van der Waals surface area contributed by atoms with E-state index in [4.69, 9.17) is 15.2 Å². The molecule has 2 N–H and O–H groups in total. The number of hydrogen-bond acceptors (Lipinski definition) is 8. The van der Waals surface area contributed by atoms with E-state index in [2.05, 4.69) is 19.8 Å². The molecule has 2 aliphatic rings. The standard InChI is InChI=1S/C31H34F2N6O3/c1-19-18-42-31-28(33)25(32)13-24-29(31)39(19)16-21(30(24)40)8-11-38(15-20-7-9-35-27(12-20)41-2)23-4-3-10-37(17-23)22-5-6-26(34)36-14-22/h5-7,9,12-14,16,19,23H,3-4,8,10-11,15,17-18H2,1-2H3,(H2,34,36)/t19?,23-/m0/s1. The number of pyridine rings is 3. The van der Waals surface area contributed by atoms with Crippen LogP contribution in [-0.4, -0.2) is 58.8 Å². The topological polar surface area (TPSA) is 98.7 Å². The summed E-state index contributed by atoms with van der Waals surface area (Å²) in [6.07, 6.45) is 7.76. The molecular formula is C31H34F2N6O3. The molecular weight excluding hydrogens is 542 g/mol. The van der Waals surface area contributed by atoms with Gasteiger partial charge in [-0.05, 0) is 56.0 Å². The molecule has 42 heavy (non-hydrogen) atoms. The first-order valence-electron chi connectivity index (χ1n) is 14.2. The molecule has 6 rings (SSSR count). The van der Waals surface area contributed by atoms with Gasteiger partial charge in [-0.2, -0.15) is 4.39 Å². The minimum atomic E-state index is -1.08. The molecule has 0 aliphatic carbocycles. The fourth-order valence-corrected chi connectivity index (χ4v) is 6.05. The summed E-state index contributed by atoms with van der Waals surface area (Å²) in [5.74, 6) is -1.32. The Morgan fingerprint density at radius 2 is 2.07 bits per heavy atom. The van der Waals surface area contributed by atoms with E-state index in [9.17, 15) is 13.6 Å². The monoisotopic (exact) mass is 576 g/mol. The van der Waals surface area contributed by atoms with Crippen LogP contribution in [0.15, 0.2) is 53.7 Å². The number of benzene rings is 1. The first-order chi connectivity index (χ1) is 20.3. The van der Waals surface area contributed by atoms with Gasteiger partial charge in [-0.25, -0.2) is 14.4 Å². The molecule has 1 aromatic carbocycles. The highest BCUT2D eigenvalue weighted by Gasteiger charge is 2.29. The summed E-state index contributed by atoms with van der Waals surface area (Å²) in [6, 6.07) is 8.76. The Labute approximate surface area is 242 Å². The van der Waals surface area contributed by atoms with Crippen LogP contribution in [0.25, 0.3) is 10.9 Å². The van der Waals surface area contributed by atoms with Crippen LogP contribution in [0.3, 0.4) is 0 Å². The molecule has 0 bridgehead atoms. The summed E-state index contributed by atoms with van der Waals surface area (Å²) in [6.45, 7) is 5.05. The molecule has 5 heterocycles. The van der Waals surface area contributed by atoms with Crippen LogP contribution >= 0.6 is 0 Å². The molecule has 11 heteroatoms. The second kappa shape index (κ2) is 11.6. The molecule has 0 amide bonds. The summed E-state index contributed by atoms with van der Waals surface area (Å²) in [5, 5.41) is 0.137. The van der Waals surface area contributed by atoms with Gasteiger partial charge in [-0.3, -0.25) is 9.69 Å². The van der Waals surface area contributed by atoms with E-state index < -0.39 is 11.6 Å². The summed E-state index contributed by atoms with van der Waals surface area (Å²) in [5.41, 5.74) is 8.44. The molecule has 2 atom stereocenters. The number of nitrogens with two attached hydrogens (primary N) is 1. The zero-order valence-corrected chi connectivity index (χ0v) is 23.7. The number of rotatable bonds is 8. The van der Waals surface area contributed by atoms with Crippen LogP contribution in [0.4, 0.5) is 20.3 Å². The van der Waals surface area contributed by atoms with Gasteiger partial charge in [0.15, 0.2) is 17.0 Å². The third-order valence-electron chi connectivity index (χ3n) is 8.29. The van der Waals surface area contributed by atoms with Crippen molar-refractivity contribution >= 4 is 22.4 Å². The van der Waals surface area contributed by atoms with Crippen molar-refractivity contribution in [3.63, 3.8) is 0 Å². The van der Waals surface area contributed by atoms with E-state index in [0.717, 1.165) is 43.2 Å². The van der Waals surface area contributed by atoms with Gasteiger partial charge in [0.05, 0.1) is 35.9 Å². The second-order valence-corrected chi connectivity index (χ2v) is 11.1. The molecule has 9 nitrogen and oxygen atoms in total. The minimum absolute atomic E-state index is 0.134. The maximum atomic E-state index is 14.6. The van der Waals surface area contributed by atoms with Gasteiger partial charge in [0, 0.05) is 56.2 Å². The van der Waals surface area contributed by atoms with E-state index in [1.807, 2.05) is 35.8 Å². The van der Waals surface area contributed by atoms with Crippen LogP contribution in [0, 0.1) is 11.6 Å². The fourth-order valence-electron chi connectivity index (χ4n) is 6.05. The molecule has 0 radical (unpaired) electrons. The second-order valence-electron chi connectivity index (χ2n) is 11.1. The highest BCUT2D eigenvalue weighted by Crippen LogP contribution is 2.35. The zero-order valence-electron chi connectivity index (χ0n) is 23.7. The third-order valence-corrected chi connectivity index (χ3v) is 8.29. The summed E-state index contributed by atoms with van der Waals surface area (Å²) in [7, 11) is 1.59. The lowest BCUT2D eigenvalue weighted by molar-refractivity contribution is 0.168. The van der Waals surface area contributed by atoms with Crippen molar-refractivity contribution in [1.82, 2.24) is 19.4 Å². The summed E-state index contributed by atoms with van der Waals surface area (Å²) < 4.78 is 41.7. The largest absolute Gasteiger partial charge is 0.486 e. The highest BCUT2D eigenvalue weighted by molar-refractivity contribution is 5.86. The summed E-state index contributed by atoms with van der Waals surface area (Å²) >= 11 is 0. The molecule has 1 saturated heterocycles. The molecule has 3 aromatic heterocycles. The number of anilines is 2. The number of nitrogens with zero attached hydrogens (tertiary/aromatic N) is 5. The van der Waals surface area contributed by atoms with Gasteiger partial charge in [-0.15, -0.1) is 0 Å². The van der Waals surface area contributed by atoms with Crippen molar-refractivity contribution in [2.75, 3.05) is 44.0 Å². The first kappa shape index (κ1) is 27.9. The van der Waals surface area contributed by atoms with Gasteiger partial charge in [0.1, 0.15) is 12.4 Å². The van der Waals surface area contributed by atoms with E-state index in [0.29, 0.717) is 42.3 Å². The van der Waals surface area contributed by atoms with Crippen LogP contribution in [0.2, 0.25) is 0 Å². The van der Waals surface area contributed by atoms with Gasteiger partial charge in [-0.1, -0.05) is 0 Å². The Bertz CT molecular complexity index is 1660. The Hall–Kier alpha value is -4.25. The predicted octanol–water partition coefficient (Wildman–Crippen LogP) is 4.33. The molecule has 0 spiro atoms. The lowest BCUT2D eigenvalue weighted by Crippen LogP contribution is -2.48. The van der Waals surface area contributed by atoms with Crippen LogP contribution in [0.5, 0.6) is 11.6 Å². The molecule has 220 valence electrons. The number of methoxy groups -OCH3 is 1. The number of nitrogen functional groups attached to an aromatic ring is 1. The number of ether oxygens (including phenoxy) is 2. The normalized spacial score (nSPS) is 18.4. The van der Waals surface area contributed by atoms with Crippen molar-refractivity contribution in [3.8, 4) is 11.6 Å². The Morgan fingerprint density at radius 1 is 1.21 bits per heavy atom. The van der Waals surface area contributed by atoms with E-state index in [1.165, 1.54) is 0 Å². The molecule has 4 aromatic rings. The third kappa shape index (κ3) is 5.36. The van der Waals surface area contributed by atoms with Gasteiger partial charge >= 0.3 is 0 Å². The van der Waals surface area contributed by atoms with Crippen molar-refractivity contribution in [3.05, 3.63) is 81.9 Å². The zero-order chi connectivity index (χ0) is 29.4. The molecule has 1 fully saturated rings. The van der Waals surface area contributed by atoms with E-state index >= 15 is 0 Å². The average molecular weight is 577 g/mol. The highest BCUT2D eigenvalue weighted by atomic mass is 19.2. The van der Waals surface area contributed by atoms with E-state index in [-0.39, 0.29) is 35.3 Å². The van der Waals surface area contributed by atoms with Gasteiger partial charge in [0.25, 0.3) is 0 Å². The lowest BCUT2D eigenvalue weighted by atomic mass is 10.0. The maximum absolute atomic E-state index is 14.6. The maximum Gasteiger partial charge on any atom is 0.213 e. The number of aromatic nitrogens is 3. The Morgan fingerprint density at radius 3 is 2.86 bits per heavy atom. The van der Waals surface area contributed by atoms with Crippen LogP contribution in [-0.2, 0) is 13.0 Å². The van der Waals surface area contributed by atoms with Crippen LogP contribution in [0.1, 0.15) is 36.9 Å². The van der Waals surface area contributed by atoms with Gasteiger partial charge in [0.2, 0.25) is 11.7 Å². The first-order valence-corrected chi connectivity index (χ1v) is 14.2. The average Bonchev–Trinajstić information content (AvgIpc) is 3.01. The number of halogens is 2. The Balaban J connectivity index is 1.32. The lowest BCUT2D eigenvalue weighted by Gasteiger charge is -2.40. The minimum Gasteiger partial charge on any atom is -0.486 e. The molecule has 2 aliphatic heterocycles. The number of piperidine rings is 1. The predicted molar refractivity (Wildman–Crippen MR) is 157 cm³/mol. The quantitative estimate of drug-likeness (QED) is 0.331.